The van der Waals surface area contributed by atoms with Crippen molar-refractivity contribution in [2.75, 3.05) is 0 Å². The van der Waals surface area contributed by atoms with Gasteiger partial charge in [-0.25, -0.2) is 19.9 Å². The lowest BCUT2D eigenvalue weighted by atomic mass is 9.98. The Morgan fingerprint density at radius 1 is 0.367 bits per heavy atom. The highest BCUT2D eigenvalue weighted by Crippen LogP contribution is 2.45. The zero-order valence-electron chi connectivity index (χ0n) is 25.7. The third-order valence-electron chi connectivity index (χ3n) is 9.32. The van der Waals surface area contributed by atoms with Crippen molar-refractivity contribution in [1.82, 2.24) is 19.9 Å². The molecule has 11 rings (SSSR count). The summed E-state index contributed by atoms with van der Waals surface area (Å²) in [6, 6.07) is 44.2. The van der Waals surface area contributed by atoms with Crippen LogP contribution in [0.5, 0.6) is 0 Å². The first-order chi connectivity index (χ1) is 24.3. The van der Waals surface area contributed by atoms with Crippen LogP contribution < -0.4 is 0 Å². The Hall–Kier alpha value is -6.86. The Bertz CT molecular complexity index is 3050. The predicted molar refractivity (Wildman–Crippen MR) is 192 cm³/mol. The Labute approximate surface area is 277 Å². The molecular weight excluding hydrogens is 608 g/mol. The van der Waals surface area contributed by atoms with Crippen molar-refractivity contribution in [1.29, 1.82) is 0 Å². The summed E-state index contributed by atoms with van der Waals surface area (Å²) < 4.78 is 19.2. The molecule has 0 amide bonds. The maximum absolute atomic E-state index is 6.50. The van der Waals surface area contributed by atoms with Gasteiger partial charge in [0.15, 0.2) is 23.1 Å². The van der Waals surface area contributed by atoms with Crippen molar-refractivity contribution in [2.45, 2.75) is 0 Å². The minimum atomic E-state index is 0.520. The van der Waals surface area contributed by atoms with Crippen LogP contribution in [0.3, 0.4) is 0 Å². The SMILES string of the molecule is c1ccc(-c2nc(-c3cc4oc5cccc6c7oc(-c8ccccc8)nc7c(c3)c4c56)nc(-c3cccc4oc5ccccc5c34)n2)cc1. The lowest BCUT2D eigenvalue weighted by Gasteiger charge is -2.10. The van der Waals surface area contributed by atoms with Crippen molar-refractivity contribution in [2.24, 2.45) is 0 Å². The lowest BCUT2D eigenvalue weighted by Crippen LogP contribution is -2.00. The quantitative estimate of drug-likeness (QED) is 0.179. The van der Waals surface area contributed by atoms with Gasteiger partial charge in [-0.15, -0.1) is 0 Å². The molecule has 0 saturated heterocycles. The van der Waals surface area contributed by atoms with Gasteiger partial charge in [-0.3, -0.25) is 0 Å². The van der Waals surface area contributed by atoms with E-state index < -0.39 is 0 Å². The molecule has 0 fully saturated rings. The Morgan fingerprint density at radius 2 is 0.980 bits per heavy atom. The molecule has 49 heavy (non-hydrogen) atoms. The van der Waals surface area contributed by atoms with Crippen LogP contribution in [0.25, 0.3) is 111 Å². The summed E-state index contributed by atoms with van der Waals surface area (Å²) in [4.78, 5) is 20.3. The van der Waals surface area contributed by atoms with Crippen LogP contribution >= 0.6 is 0 Å². The maximum atomic E-state index is 6.50. The van der Waals surface area contributed by atoms with Crippen LogP contribution in [0.4, 0.5) is 0 Å². The van der Waals surface area contributed by atoms with Gasteiger partial charge in [0.25, 0.3) is 0 Å². The number of rotatable bonds is 4. The number of nitrogens with zero attached hydrogens (tertiary/aromatic N) is 4. The molecule has 0 saturated carbocycles. The first kappa shape index (κ1) is 26.2. The number of fused-ring (bicyclic) bond motifs is 6. The zero-order chi connectivity index (χ0) is 32.1. The molecule has 0 atom stereocenters. The molecule has 7 nitrogen and oxygen atoms in total. The van der Waals surface area contributed by atoms with E-state index in [0.29, 0.717) is 23.4 Å². The number of furan rings is 2. The zero-order valence-corrected chi connectivity index (χ0v) is 25.7. The van der Waals surface area contributed by atoms with Crippen LogP contribution in [-0.2, 0) is 0 Å². The van der Waals surface area contributed by atoms with Crippen LogP contribution in [0.1, 0.15) is 0 Å². The van der Waals surface area contributed by atoms with Gasteiger partial charge in [-0.05, 0) is 42.5 Å². The molecule has 0 unspecified atom stereocenters. The molecule has 4 heterocycles. The summed E-state index contributed by atoms with van der Waals surface area (Å²) in [6.45, 7) is 0. The predicted octanol–water partition coefficient (Wildman–Crippen LogP) is 11.1. The minimum absolute atomic E-state index is 0.520. The van der Waals surface area contributed by atoms with Crippen molar-refractivity contribution in [3.63, 3.8) is 0 Å². The summed E-state index contributed by atoms with van der Waals surface area (Å²) in [5.74, 6) is 2.21. The molecule has 0 N–H and O–H groups in total. The highest BCUT2D eigenvalue weighted by atomic mass is 16.4. The molecule has 0 spiro atoms. The van der Waals surface area contributed by atoms with Gasteiger partial charge in [-0.1, -0.05) is 91.0 Å². The van der Waals surface area contributed by atoms with E-state index in [1.54, 1.807) is 0 Å². The molecule has 7 aromatic carbocycles. The van der Waals surface area contributed by atoms with Crippen LogP contribution in [0, 0.1) is 0 Å². The van der Waals surface area contributed by atoms with E-state index in [-0.39, 0.29) is 0 Å². The molecule has 0 bridgehead atoms. The van der Waals surface area contributed by atoms with Gasteiger partial charge in [0.2, 0.25) is 5.89 Å². The van der Waals surface area contributed by atoms with E-state index in [1.807, 2.05) is 115 Å². The summed E-state index contributed by atoms with van der Waals surface area (Å²) in [6.07, 6.45) is 0. The first-order valence-electron chi connectivity index (χ1n) is 16.1. The Kier molecular flexibility index (Phi) is 5.26. The lowest BCUT2D eigenvalue weighted by molar-refractivity contribution is 0.623. The highest BCUT2D eigenvalue weighted by molar-refractivity contribution is 6.31. The molecule has 7 heteroatoms. The van der Waals surface area contributed by atoms with Crippen LogP contribution in [0.2, 0.25) is 0 Å². The second-order valence-electron chi connectivity index (χ2n) is 12.2. The Balaban J connectivity index is 1.21. The highest BCUT2D eigenvalue weighted by Gasteiger charge is 2.24. The molecule has 0 aliphatic rings. The minimum Gasteiger partial charge on any atom is -0.456 e. The summed E-state index contributed by atoms with van der Waals surface area (Å²) >= 11 is 0. The number of hydrogen-bond acceptors (Lipinski definition) is 7. The van der Waals surface area contributed by atoms with E-state index in [4.69, 9.17) is 33.2 Å². The van der Waals surface area contributed by atoms with Crippen LogP contribution in [-0.4, -0.2) is 19.9 Å². The number of aromatic nitrogens is 4. The molecule has 4 aromatic heterocycles. The number of para-hydroxylation sites is 1. The van der Waals surface area contributed by atoms with Gasteiger partial charge in [0.1, 0.15) is 27.8 Å². The molecule has 0 aliphatic heterocycles. The van der Waals surface area contributed by atoms with Gasteiger partial charge in [-0.2, -0.15) is 0 Å². The summed E-state index contributed by atoms with van der Waals surface area (Å²) in [5, 5.41) is 5.87. The average Bonchev–Trinajstić information content (AvgIpc) is 3.89. The van der Waals surface area contributed by atoms with Crippen molar-refractivity contribution >= 4 is 65.7 Å². The second-order valence-corrected chi connectivity index (χ2v) is 12.2. The molecule has 228 valence electrons. The molecule has 0 aliphatic carbocycles. The topological polar surface area (TPSA) is 91.0 Å². The van der Waals surface area contributed by atoms with E-state index in [0.717, 1.165) is 88.0 Å². The van der Waals surface area contributed by atoms with Gasteiger partial charge in [0, 0.05) is 54.6 Å². The van der Waals surface area contributed by atoms with Gasteiger partial charge < -0.3 is 13.3 Å². The molecule has 0 radical (unpaired) electrons. The smallest absolute Gasteiger partial charge is 0.227 e. The van der Waals surface area contributed by atoms with E-state index in [2.05, 4.69) is 18.2 Å². The third-order valence-corrected chi connectivity index (χ3v) is 9.32. The van der Waals surface area contributed by atoms with Crippen LogP contribution in [0.15, 0.2) is 147 Å². The molecule has 11 aromatic rings. The van der Waals surface area contributed by atoms with Crippen molar-refractivity contribution in [3.05, 3.63) is 133 Å². The largest absolute Gasteiger partial charge is 0.456 e. The number of benzene rings is 7. The number of oxazole rings is 1. The normalized spacial score (nSPS) is 12.1. The standard InChI is InChI=1S/C42H22N4O3/c1-3-11-23(12-4-1)39-44-40(46-41(45-39)28-17-10-19-31-34(28)26-15-7-8-18-30(26)47-31)25-21-29-36-33(22-25)48-32-20-9-16-27(35(32)36)38-37(29)43-42(49-38)24-13-5-2-6-14-24/h1-22H. The summed E-state index contributed by atoms with van der Waals surface area (Å²) in [7, 11) is 0. The van der Waals surface area contributed by atoms with E-state index in [9.17, 15) is 0 Å². The summed E-state index contributed by atoms with van der Waals surface area (Å²) in [5.41, 5.74) is 8.04. The van der Waals surface area contributed by atoms with Gasteiger partial charge in [0.05, 0.1) is 0 Å². The first-order valence-corrected chi connectivity index (χ1v) is 16.1. The van der Waals surface area contributed by atoms with E-state index in [1.165, 1.54) is 0 Å². The van der Waals surface area contributed by atoms with E-state index >= 15 is 0 Å². The monoisotopic (exact) mass is 630 g/mol. The fourth-order valence-corrected chi connectivity index (χ4v) is 7.14. The van der Waals surface area contributed by atoms with Gasteiger partial charge >= 0.3 is 0 Å². The van der Waals surface area contributed by atoms with Crippen molar-refractivity contribution < 1.29 is 13.3 Å². The fourth-order valence-electron chi connectivity index (χ4n) is 7.14. The maximum Gasteiger partial charge on any atom is 0.227 e. The fraction of sp³-hybridized carbons (Fsp3) is 0. The Morgan fingerprint density at radius 3 is 1.82 bits per heavy atom. The second kappa shape index (κ2) is 9.82. The molecular formula is C42H22N4O3. The average molecular weight is 631 g/mol. The van der Waals surface area contributed by atoms with Crippen molar-refractivity contribution in [3.8, 4) is 45.6 Å². The third kappa shape index (κ3) is 3.84. The number of hydrogen-bond donors (Lipinski definition) is 0.